The Balaban J connectivity index is 1.72. The molecule has 1 aliphatic heterocycles. The number of carbonyl (C=O) groups is 1. The van der Waals surface area contributed by atoms with Gasteiger partial charge < -0.3 is 9.64 Å². The van der Waals surface area contributed by atoms with Crippen LogP contribution in [0.1, 0.15) is 11.1 Å². The minimum Gasteiger partial charge on any atom is -0.371 e. The Morgan fingerprint density at radius 1 is 1.10 bits per heavy atom. The molecule has 1 amide bonds. The third kappa shape index (κ3) is 5.74. The van der Waals surface area contributed by atoms with Crippen LogP contribution in [0.2, 0.25) is 0 Å². The van der Waals surface area contributed by atoms with Crippen LogP contribution in [0.3, 0.4) is 0 Å². The largest absolute Gasteiger partial charge is 0.416 e. The van der Waals surface area contributed by atoms with Gasteiger partial charge in [-0.2, -0.15) is 13.2 Å². The van der Waals surface area contributed by atoms with Crippen molar-refractivity contribution in [3.05, 3.63) is 78.4 Å². The van der Waals surface area contributed by atoms with E-state index in [9.17, 15) is 26.4 Å². The quantitative estimate of drug-likeness (QED) is 0.600. The van der Waals surface area contributed by atoms with Gasteiger partial charge in [0.2, 0.25) is 5.91 Å². The van der Waals surface area contributed by atoms with E-state index in [1.54, 1.807) is 18.2 Å². The lowest BCUT2D eigenvalue weighted by Crippen LogP contribution is -2.29. The molecule has 2 aromatic carbocycles. The van der Waals surface area contributed by atoms with E-state index in [0.717, 1.165) is 18.2 Å². The van der Waals surface area contributed by atoms with Crippen LogP contribution in [0.5, 0.6) is 0 Å². The number of nitrogens with zero attached hydrogens (tertiary/aromatic N) is 1. The molecule has 0 aromatic heterocycles. The monoisotopic (exact) mass is 453 g/mol. The van der Waals surface area contributed by atoms with Gasteiger partial charge in [0, 0.05) is 19.0 Å². The van der Waals surface area contributed by atoms with Crippen LogP contribution in [0.15, 0.2) is 72.1 Å². The third-order valence-corrected chi connectivity index (χ3v) is 7.01. The Hall–Kier alpha value is -2.65. The van der Waals surface area contributed by atoms with E-state index in [1.165, 1.54) is 29.2 Å². The van der Waals surface area contributed by atoms with Crippen molar-refractivity contribution in [3.8, 4) is 0 Å². The van der Waals surface area contributed by atoms with Crippen LogP contribution >= 0.6 is 0 Å². The smallest absolute Gasteiger partial charge is 0.371 e. The summed E-state index contributed by atoms with van der Waals surface area (Å²) in [6.07, 6.45) is -3.85. The Morgan fingerprint density at radius 2 is 1.74 bits per heavy atom. The van der Waals surface area contributed by atoms with Gasteiger partial charge in [0.25, 0.3) is 0 Å². The van der Waals surface area contributed by atoms with Crippen LogP contribution in [-0.2, 0) is 32.2 Å². The van der Waals surface area contributed by atoms with Crippen LogP contribution in [0.4, 0.5) is 13.2 Å². The summed E-state index contributed by atoms with van der Waals surface area (Å²) in [5.41, 5.74) is -0.238. The molecule has 0 bridgehead atoms. The zero-order valence-corrected chi connectivity index (χ0v) is 17.4. The van der Waals surface area contributed by atoms with E-state index in [0.29, 0.717) is 5.56 Å². The van der Waals surface area contributed by atoms with Crippen LogP contribution in [-0.4, -0.2) is 44.2 Å². The number of sulfone groups is 1. The van der Waals surface area contributed by atoms with E-state index < -0.39 is 33.6 Å². The molecule has 9 heteroatoms. The molecule has 166 valence electrons. The molecule has 3 rings (SSSR count). The minimum atomic E-state index is -4.42. The van der Waals surface area contributed by atoms with Crippen LogP contribution in [0, 0.1) is 5.92 Å². The molecule has 0 unspecified atom stereocenters. The molecule has 2 aromatic rings. The number of benzene rings is 2. The van der Waals surface area contributed by atoms with Crippen molar-refractivity contribution in [1.82, 2.24) is 4.90 Å². The van der Waals surface area contributed by atoms with Gasteiger partial charge in [-0.1, -0.05) is 36.9 Å². The summed E-state index contributed by atoms with van der Waals surface area (Å²) in [4.78, 5) is 13.7. The summed E-state index contributed by atoms with van der Waals surface area (Å²) in [5.74, 6) is -1.03. The van der Waals surface area contributed by atoms with Crippen molar-refractivity contribution in [2.75, 3.05) is 18.8 Å². The number of hydrogen-bond donors (Lipinski definition) is 0. The average molecular weight is 453 g/mol. The van der Waals surface area contributed by atoms with Crippen molar-refractivity contribution in [1.29, 1.82) is 0 Å². The zero-order valence-electron chi connectivity index (χ0n) is 16.6. The highest BCUT2D eigenvalue weighted by Crippen LogP contribution is 2.30. The Bertz CT molecular complexity index is 1020. The fourth-order valence-electron chi connectivity index (χ4n) is 3.50. The Kier molecular flexibility index (Phi) is 6.86. The second kappa shape index (κ2) is 9.23. The van der Waals surface area contributed by atoms with Gasteiger partial charge >= 0.3 is 6.18 Å². The molecule has 1 fully saturated rings. The molecule has 0 aliphatic carbocycles. The lowest BCUT2D eigenvalue weighted by molar-refractivity contribution is -0.137. The van der Waals surface area contributed by atoms with E-state index in [-0.39, 0.29) is 36.3 Å². The first-order chi connectivity index (χ1) is 14.6. The van der Waals surface area contributed by atoms with Gasteiger partial charge in [0.15, 0.2) is 9.84 Å². The van der Waals surface area contributed by atoms with Crippen molar-refractivity contribution in [3.63, 3.8) is 0 Å². The van der Waals surface area contributed by atoms with Gasteiger partial charge in [-0.05, 0) is 35.9 Å². The summed E-state index contributed by atoms with van der Waals surface area (Å²) >= 11 is 0. The molecule has 1 saturated heterocycles. The molecule has 1 aliphatic rings. The third-order valence-electron chi connectivity index (χ3n) is 5.15. The van der Waals surface area contributed by atoms with Crippen molar-refractivity contribution < 1.29 is 31.1 Å². The molecular weight excluding hydrogens is 431 g/mol. The van der Waals surface area contributed by atoms with Crippen LogP contribution in [0.25, 0.3) is 0 Å². The van der Waals surface area contributed by atoms with Gasteiger partial charge in [-0.3, -0.25) is 4.79 Å². The highest BCUT2D eigenvalue weighted by Gasteiger charge is 2.38. The SMILES string of the molecule is C=CC(=O)N1C[C@@H](CS(=O)(=O)c2ccccc2)[C@H](OCc2ccc(C(F)(F)F)cc2)C1. The first kappa shape index (κ1) is 23.0. The second-order valence-corrected chi connectivity index (χ2v) is 9.38. The predicted molar refractivity (Wildman–Crippen MR) is 109 cm³/mol. The molecule has 0 spiro atoms. The zero-order chi connectivity index (χ0) is 22.6. The van der Waals surface area contributed by atoms with Crippen LogP contribution < -0.4 is 0 Å². The van der Waals surface area contributed by atoms with Crippen molar-refractivity contribution >= 4 is 15.7 Å². The normalized spacial score (nSPS) is 19.4. The molecule has 0 N–H and O–H groups in total. The topological polar surface area (TPSA) is 63.7 Å². The Morgan fingerprint density at radius 3 is 2.32 bits per heavy atom. The summed E-state index contributed by atoms with van der Waals surface area (Å²) in [6.45, 7) is 3.83. The van der Waals surface area contributed by atoms with Crippen molar-refractivity contribution in [2.24, 2.45) is 5.92 Å². The molecule has 1 heterocycles. The van der Waals surface area contributed by atoms with Gasteiger partial charge in [-0.25, -0.2) is 8.42 Å². The maximum absolute atomic E-state index is 12.8. The number of alkyl halides is 3. The highest BCUT2D eigenvalue weighted by atomic mass is 32.2. The Labute approximate surface area is 179 Å². The standard InChI is InChI=1S/C22H22F3NO4S/c1-2-21(27)26-12-17(15-31(28,29)19-6-4-3-5-7-19)20(13-26)30-14-16-8-10-18(11-9-16)22(23,24)25/h2-11,17,20H,1,12-15H2/t17-,20+/m0/s1. The number of ether oxygens (including phenoxy) is 1. The van der Waals surface area contributed by atoms with E-state index >= 15 is 0 Å². The number of amides is 1. The van der Waals surface area contributed by atoms with Gasteiger partial charge in [-0.15, -0.1) is 0 Å². The molecule has 5 nitrogen and oxygen atoms in total. The maximum atomic E-state index is 12.8. The number of likely N-dealkylation sites (tertiary alicyclic amines) is 1. The number of carbonyl (C=O) groups excluding carboxylic acids is 1. The maximum Gasteiger partial charge on any atom is 0.416 e. The van der Waals surface area contributed by atoms with E-state index in [4.69, 9.17) is 4.74 Å². The van der Waals surface area contributed by atoms with E-state index in [2.05, 4.69) is 6.58 Å². The summed E-state index contributed by atoms with van der Waals surface area (Å²) in [5, 5.41) is 0. The summed E-state index contributed by atoms with van der Waals surface area (Å²) < 4.78 is 69.6. The number of hydrogen-bond acceptors (Lipinski definition) is 4. The fraction of sp³-hybridized carbons (Fsp3) is 0.318. The first-order valence-corrected chi connectivity index (χ1v) is 11.2. The van der Waals surface area contributed by atoms with Gasteiger partial charge in [0.05, 0.1) is 28.9 Å². The fourth-order valence-corrected chi connectivity index (χ4v) is 5.15. The van der Waals surface area contributed by atoms with Crippen molar-refractivity contribution in [2.45, 2.75) is 23.8 Å². The molecule has 31 heavy (non-hydrogen) atoms. The molecular formula is C22H22F3NO4S. The summed E-state index contributed by atoms with van der Waals surface area (Å²) in [6, 6.07) is 12.6. The molecule has 0 saturated carbocycles. The lowest BCUT2D eigenvalue weighted by Gasteiger charge is -2.19. The second-order valence-electron chi connectivity index (χ2n) is 7.35. The highest BCUT2D eigenvalue weighted by molar-refractivity contribution is 7.91. The predicted octanol–water partition coefficient (Wildman–Crippen LogP) is 3.71. The average Bonchev–Trinajstić information content (AvgIpc) is 3.14. The van der Waals surface area contributed by atoms with E-state index in [1.807, 2.05) is 0 Å². The van der Waals surface area contributed by atoms with Gasteiger partial charge in [0.1, 0.15) is 0 Å². The molecule has 2 atom stereocenters. The number of halogens is 3. The minimum absolute atomic E-state index is 0.000802. The lowest BCUT2D eigenvalue weighted by atomic mass is 10.1. The molecule has 0 radical (unpaired) electrons. The summed E-state index contributed by atoms with van der Waals surface area (Å²) in [7, 11) is -3.61. The first-order valence-electron chi connectivity index (χ1n) is 9.57. The number of rotatable bonds is 7.